The molecule has 0 spiro atoms. The third-order valence-electron chi connectivity index (χ3n) is 3.45. The normalized spacial score (nSPS) is 12.0. The number of nitrogens with one attached hydrogen (secondary N) is 2. The molecule has 5 nitrogen and oxygen atoms in total. The van der Waals surface area contributed by atoms with Crippen molar-refractivity contribution in [3.05, 3.63) is 59.7 Å². The SMILES string of the molecule is Cc1ccc(NC(=O)CCNS(=O)(=O)c2cccc(C(F)(F)F)c2)cc1. The Hall–Kier alpha value is -2.39. The predicted molar refractivity (Wildman–Crippen MR) is 91.1 cm³/mol. The number of sulfonamides is 1. The predicted octanol–water partition coefficient (Wildman–Crippen LogP) is 3.32. The molecule has 0 aliphatic rings. The molecule has 2 aromatic rings. The molecular formula is C17H17F3N2O3S. The number of hydrogen-bond donors (Lipinski definition) is 2. The van der Waals surface area contributed by atoms with Gasteiger partial charge in [-0.15, -0.1) is 0 Å². The first-order valence-electron chi connectivity index (χ1n) is 7.61. The number of amides is 1. The number of carbonyl (C=O) groups is 1. The summed E-state index contributed by atoms with van der Waals surface area (Å²) in [5.74, 6) is -0.416. The van der Waals surface area contributed by atoms with Crippen LogP contribution in [0.1, 0.15) is 17.5 Å². The van der Waals surface area contributed by atoms with E-state index in [1.807, 2.05) is 19.1 Å². The van der Waals surface area contributed by atoms with Gasteiger partial charge in [-0.2, -0.15) is 13.2 Å². The number of hydrogen-bond acceptors (Lipinski definition) is 3. The molecule has 2 N–H and O–H groups in total. The van der Waals surface area contributed by atoms with E-state index in [0.29, 0.717) is 11.8 Å². The van der Waals surface area contributed by atoms with Gasteiger partial charge >= 0.3 is 6.18 Å². The topological polar surface area (TPSA) is 75.3 Å². The average molecular weight is 386 g/mol. The lowest BCUT2D eigenvalue weighted by molar-refractivity contribution is -0.137. The molecule has 0 aliphatic carbocycles. The first-order valence-corrected chi connectivity index (χ1v) is 9.10. The minimum Gasteiger partial charge on any atom is -0.326 e. The maximum absolute atomic E-state index is 12.7. The minimum atomic E-state index is -4.64. The lowest BCUT2D eigenvalue weighted by atomic mass is 10.2. The summed E-state index contributed by atoms with van der Waals surface area (Å²) in [7, 11) is -4.15. The molecule has 0 radical (unpaired) electrons. The van der Waals surface area contributed by atoms with Gasteiger partial charge in [-0.1, -0.05) is 23.8 Å². The first-order chi connectivity index (χ1) is 12.1. The molecule has 2 aromatic carbocycles. The molecule has 0 bridgehead atoms. The number of alkyl halides is 3. The lowest BCUT2D eigenvalue weighted by Gasteiger charge is -2.10. The molecule has 0 aromatic heterocycles. The highest BCUT2D eigenvalue weighted by atomic mass is 32.2. The maximum atomic E-state index is 12.7. The quantitative estimate of drug-likeness (QED) is 0.800. The molecule has 9 heteroatoms. The number of benzene rings is 2. The van der Waals surface area contributed by atoms with E-state index < -0.39 is 32.6 Å². The Morgan fingerprint density at radius 2 is 1.73 bits per heavy atom. The fourth-order valence-electron chi connectivity index (χ4n) is 2.08. The van der Waals surface area contributed by atoms with Crippen molar-refractivity contribution in [1.29, 1.82) is 0 Å². The van der Waals surface area contributed by atoms with Crippen molar-refractivity contribution in [2.24, 2.45) is 0 Å². The molecule has 0 atom stereocenters. The van der Waals surface area contributed by atoms with Crippen molar-refractivity contribution in [3.63, 3.8) is 0 Å². The smallest absolute Gasteiger partial charge is 0.326 e. The van der Waals surface area contributed by atoms with Crippen molar-refractivity contribution < 1.29 is 26.4 Å². The summed E-state index contributed by atoms with van der Waals surface area (Å²) >= 11 is 0. The number of anilines is 1. The summed E-state index contributed by atoms with van der Waals surface area (Å²) in [5, 5.41) is 2.60. The summed E-state index contributed by atoms with van der Waals surface area (Å²) < 4.78 is 64.3. The van der Waals surface area contributed by atoms with Crippen molar-refractivity contribution in [2.75, 3.05) is 11.9 Å². The van der Waals surface area contributed by atoms with E-state index in [-0.39, 0.29) is 13.0 Å². The lowest BCUT2D eigenvalue weighted by Crippen LogP contribution is -2.28. The highest BCUT2D eigenvalue weighted by Crippen LogP contribution is 2.30. The largest absolute Gasteiger partial charge is 0.416 e. The van der Waals surface area contributed by atoms with Gasteiger partial charge < -0.3 is 5.32 Å². The van der Waals surface area contributed by atoms with Gasteiger partial charge in [-0.25, -0.2) is 13.1 Å². The molecule has 0 saturated carbocycles. The van der Waals surface area contributed by atoms with Crippen LogP contribution in [0.4, 0.5) is 18.9 Å². The van der Waals surface area contributed by atoms with Gasteiger partial charge in [0.05, 0.1) is 10.5 Å². The first kappa shape index (κ1) is 19.9. The van der Waals surface area contributed by atoms with E-state index in [4.69, 9.17) is 0 Å². The molecule has 0 fully saturated rings. The van der Waals surface area contributed by atoms with Gasteiger partial charge in [-0.3, -0.25) is 4.79 Å². The summed E-state index contributed by atoms with van der Waals surface area (Å²) in [4.78, 5) is 11.3. The third-order valence-corrected chi connectivity index (χ3v) is 4.91. The Balaban J connectivity index is 1.94. The van der Waals surface area contributed by atoms with Crippen molar-refractivity contribution in [3.8, 4) is 0 Å². The van der Waals surface area contributed by atoms with Gasteiger partial charge in [0, 0.05) is 18.7 Å². The van der Waals surface area contributed by atoms with E-state index >= 15 is 0 Å². The van der Waals surface area contributed by atoms with Crippen molar-refractivity contribution >= 4 is 21.6 Å². The molecule has 140 valence electrons. The second-order valence-electron chi connectivity index (χ2n) is 5.59. The number of halogens is 3. The summed E-state index contributed by atoms with van der Waals surface area (Å²) in [5.41, 5.74) is 0.538. The number of carbonyl (C=O) groups excluding carboxylic acids is 1. The molecule has 0 unspecified atom stereocenters. The molecule has 2 rings (SSSR count). The standard InChI is InChI=1S/C17H17F3N2O3S/c1-12-5-7-14(8-6-12)22-16(23)9-10-21-26(24,25)15-4-2-3-13(11-15)17(18,19)20/h2-8,11,21H,9-10H2,1H3,(H,22,23). The Morgan fingerprint density at radius 1 is 1.08 bits per heavy atom. The van der Waals surface area contributed by atoms with Crippen LogP contribution in [0.3, 0.4) is 0 Å². The second kappa shape index (κ2) is 7.88. The zero-order chi connectivity index (χ0) is 19.4. The van der Waals surface area contributed by atoms with E-state index in [1.54, 1.807) is 12.1 Å². The van der Waals surface area contributed by atoms with Crippen LogP contribution in [-0.2, 0) is 21.0 Å². The molecule has 26 heavy (non-hydrogen) atoms. The highest BCUT2D eigenvalue weighted by Gasteiger charge is 2.31. The fraction of sp³-hybridized carbons (Fsp3) is 0.235. The monoisotopic (exact) mass is 386 g/mol. The van der Waals surface area contributed by atoms with Crippen LogP contribution in [0, 0.1) is 6.92 Å². The summed E-state index contributed by atoms with van der Waals surface area (Å²) in [6.07, 6.45) is -4.80. The molecule has 1 amide bonds. The minimum absolute atomic E-state index is 0.161. The van der Waals surface area contributed by atoms with Crippen LogP contribution >= 0.6 is 0 Å². The van der Waals surface area contributed by atoms with Crippen LogP contribution in [0.2, 0.25) is 0 Å². The van der Waals surface area contributed by atoms with Crippen molar-refractivity contribution in [1.82, 2.24) is 4.72 Å². The van der Waals surface area contributed by atoms with Crippen LogP contribution in [-0.4, -0.2) is 20.9 Å². The second-order valence-corrected chi connectivity index (χ2v) is 7.35. The summed E-state index contributed by atoms with van der Waals surface area (Å²) in [6, 6.07) is 10.5. The van der Waals surface area contributed by atoms with Gasteiger partial charge in [0.15, 0.2) is 0 Å². The maximum Gasteiger partial charge on any atom is 0.416 e. The van der Waals surface area contributed by atoms with Crippen LogP contribution < -0.4 is 10.0 Å². The van der Waals surface area contributed by atoms with E-state index in [0.717, 1.165) is 23.8 Å². The van der Waals surface area contributed by atoms with E-state index in [9.17, 15) is 26.4 Å². The zero-order valence-corrected chi connectivity index (χ0v) is 14.6. The Labute approximate surface area is 149 Å². The summed E-state index contributed by atoms with van der Waals surface area (Å²) in [6.45, 7) is 1.66. The third kappa shape index (κ3) is 5.57. The van der Waals surface area contributed by atoms with Gasteiger partial charge in [-0.05, 0) is 37.3 Å². The Kier molecular flexibility index (Phi) is 6.04. The van der Waals surface area contributed by atoms with Crippen LogP contribution in [0.5, 0.6) is 0 Å². The Bertz CT molecular complexity index is 879. The van der Waals surface area contributed by atoms with Crippen LogP contribution in [0.25, 0.3) is 0 Å². The number of aryl methyl sites for hydroxylation is 1. The average Bonchev–Trinajstić information content (AvgIpc) is 2.56. The van der Waals surface area contributed by atoms with Gasteiger partial charge in [0.25, 0.3) is 0 Å². The molecule has 0 heterocycles. The van der Waals surface area contributed by atoms with E-state index in [2.05, 4.69) is 10.0 Å². The highest BCUT2D eigenvalue weighted by molar-refractivity contribution is 7.89. The van der Waals surface area contributed by atoms with Crippen molar-refractivity contribution in [2.45, 2.75) is 24.4 Å². The van der Waals surface area contributed by atoms with E-state index in [1.165, 1.54) is 0 Å². The zero-order valence-electron chi connectivity index (χ0n) is 13.8. The molecule has 0 aliphatic heterocycles. The van der Waals surface area contributed by atoms with Gasteiger partial charge in [0.1, 0.15) is 0 Å². The molecule has 0 saturated heterocycles. The number of rotatable bonds is 6. The van der Waals surface area contributed by atoms with Crippen LogP contribution in [0.15, 0.2) is 53.4 Å². The van der Waals surface area contributed by atoms with Gasteiger partial charge in [0.2, 0.25) is 15.9 Å². The fourth-order valence-corrected chi connectivity index (χ4v) is 3.16. The Morgan fingerprint density at radius 3 is 2.35 bits per heavy atom. The molecular weight excluding hydrogens is 369 g/mol.